The number of alkyl halides is 7. The molecule has 2 aromatic carbocycles. The highest BCUT2D eigenvalue weighted by Crippen LogP contribution is 2.60. The smallest absolute Gasteiger partial charge is 0.459 e. The van der Waals surface area contributed by atoms with E-state index in [1.807, 2.05) is 0 Å². The van der Waals surface area contributed by atoms with Crippen LogP contribution in [0, 0.1) is 16.7 Å². The molecule has 9 heteroatoms. The average Bonchev–Trinajstić information content (AvgIpc) is 2.73. The third-order valence-corrected chi connectivity index (χ3v) is 5.99. The molecule has 3 rings (SSSR count). The van der Waals surface area contributed by atoms with E-state index in [9.17, 15) is 41.1 Å². The van der Waals surface area contributed by atoms with Crippen LogP contribution in [0.4, 0.5) is 30.7 Å². The summed E-state index contributed by atoms with van der Waals surface area (Å²) in [7, 11) is 0. The predicted octanol–water partition coefficient (Wildman–Crippen LogP) is 7.06. The first-order chi connectivity index (χ1) is 14.3. The van der Waals surface area contributed by atoms with Gasteiger partial charge in [-0.3, -0.25) is 0 Å². The first-order valence-corrected chi connectivity index (χ1v) is 9.48. The van der Waals surface area contributed by atoms with Gasteiger partial charge in [-0.25, -0.2) is 0 Å². The van der Waals surface area contributed by atoms with Crippen molar-refractivity contribution in [3.8, 4) is 22.9 Å². The molecule has 1 aliphatic carbocycles. The van der Waals surface area contributed by atoms with Gasteiger partial charge in [0.1, 0.15) is 11.2 Å². The Hall–Kier alpha value is -2.76. The van der Waals surface area contributed by atoms with Gasteiger partial charge in [0.25, 0.3) is 0 Å². The fraction of sp³-hybridized carbons (Fsp3) is 0.409. The molecule has 0 amide bonds. The van der Waals surface area contributed by atoms with Crippen molar-refractivity contribution >= 4 is 0 Å². The lowest BCUT2D eigenvalue weighted by atomic mass is 9.65. The highest BCUT2D eigenvalue weighted by atomic mass is 19.4. The lowest BCUT2D eigenvalue weighted by Gasteiger charge is -2.43. The molecule has 166 valence electrons. The number of nitriles is 1. The van der Waals surface area contributed by atoms with Gasteiger partial charge in [-0.05, 0) is 60.4 Å². The molecule has 2 aromatic rings. The van der Waals surface area contributed by atoms with Crippen LogP contribution in [0.25, 0.3) is 11.1 Å². The van der Waals surface area contributed by atoms with Gasteiger partial charge in [0.2, 0.25) is 0 Å². The van der Waals surface area contributed by atoms with Crippen molar-refractivity contribution in [3.63, 3.8) is 0 Å². The molecule has 0 unspecified atom stereocenters. The van der Waals surface area contributed by atoms with Gasteiger partial charge in [0.05, 0.1) is 6.07 Å². The second-order valence-electron chi connectivity index (χ2n) is 7.78. The molecule has 31 heavy (non-hydrogen) atoms. The number of benzene rings is 2. The zero-order valence-electron chi connectivity index (χ0n) is 16.1. The Kier molecular flexibility index (Phi) is 5.72. The van der Waals surface area contributed by atoms with Crippen LogP contribution in [-0.2, 0) is 0 Å². The van der Waals surface area contributed by atoms with E-state index in [-0.39, 0.29) is 24.5 Å². The number of aromatic hydroxyl groups is 1. The van der Waals surface area contributed by atoms with Gasteiger partial charge < -0.3 is 5.11 Å². The number of halogens is 7. The van der Waals surface area contributed by atoms with Crippen molar-refractivity contribution < 1.29 is 35.8 Å². The highest BCUT2D eigenvalue weighted by Gasteiger charge is 2.79. The van der Waals surface area contributed by atoms with Crippen LogP contribution in [0.1, 0.15) is 37.2 Å². The summed E-state index contributed by atoms with van der Waals surface area (Å²) in [4.78, 5) is 0. The Balaban J connectivity index is 1.77. The van der Waals surface area contributed by atoms with E-state index >= 15 is 0 Å². The van der Waals surface area contributed by atoms with E-state index in [1.165, 1.54) is 12.1 Å². The third kappa shape index (κ3) is 3.84. The topological polar surface area (TPSA) is 44.0 Å². The maximum atomic E-state index is 14.3. The summed E-state index contributed by atoms with van der Waals surface area (Å²) in [5.74, 6) is -12.1. The molecule has 0 saturated heterocycles. The van der Waals surface area contributed by atoms with Gasteiger partial charge in [-0.1, -0.05) is 36.4 Å². The molecule has 1 fully saturated rings. The Morgan fingerprint density at radius 2 is 1.26 bits per heavy atom. The van der Waals surface area contributed by atoms with Crippen LogP contribution in [0.3, 0.4) is 0 Å². The Morgan fingerprint density at radius 1 is 0.806 bits per heavy atom. The second kappa shape index (κ2) is 7.74. The molecule has 1 aliphatic rings. The molecule has 0 radical (unpaired) electrons. The highest BCUT2D eigenvalue weighted by molar-refractivity contribution is 5.64. The number of hydrogen-bond acceptors (Lipinski definition) is 2. The van der Waals surface area contributed by atoms with Gasteiger partial charge in [0, 0.05) is 0 Å². The molecule has 0 bridgehead atoms. The summed E-state index contributed by atoms with van der Waals surface area (Å²) in [5.41, 5.74) is -0.720. The number of phenols is 1. The number of rotatable bonds is 4. The quantitative estimate of drug-likeness (QED) is 0.512. The van der Waals surface area contributed by atoms with Crippen molar-refractivity contribution in [2.24, 2.45) is 5.41 Å². The van der Waals surface area contributed by atoms with E-state index in [0.717, 1.165) is 22.8 Å². The predicted molar refractivity (Wildman–Crippen MR) is 98.7 cm³/mol. The minimum absolute atomic E-state index is 0.108. The van der Waals surface area contributed by atoms with Crippen LogP contribution in [0.2, 0.25) is 0 Å². The monoisotopic (exact) mass is 445 g/mol. The van der Waals surface area contributed by atoms with Crippen molar-refractivity contribution in [3.05, 3.63) is 54.1 Å². The van der Waals surface area contributed by atoms with E-state index in [1.54, 1.807) is 36.4 Å². The van der Waals surface area contributed by atoms with Crippen LogP contribution in [0.5, 0.6) is 5.75 Å². The number of nitrogens with zero attached hydrogens (tertiary/aromatic N) is 1. The molecular weight excluding hydrogens is 427 g/mol. The van der Waals surface area contributed by atoms with Gasteiger partial charge in [-0.15, -0.1) is 0 Å². The first kappa shape index (κ1) is 22.9. The first-order valence-electron chi connectivity index (χ1n) is 9.48. The fourth-order valence-electron chi connectivity index (χ4n) is 4.02. The van der Waals surface area contributed by atoms with Gasteiger partial charge >= 0.3 is 18.0 Å². The lowest BCUT2D eigenvalue weighted by Crippen LogP contribution is -2.60. The molecular formula is C22H18F7NO. The van der Waals surface area contributed by atoms with Crippen LogP contribution < -0.4 is 0 Å². The van der Waals surface area contributed by atoms with E-state index in [0.29, 0.717) is 0 Å². The van der Waals surface area contributed by atoms with E-state index in [2.05, 4.69) is 0 Å². The zero-order chi connectivity index (χ0) is 23.1. The minimum atomic E-state index is -6.46. The molecule has 0 aromatic heterocycles. The van der Waals surface area contributed by atoms with E-state index < -0.39 is 36.3 Å². The third-order valence-electron chi connectivity index (χ3n) is 5.99. The van der Waals surface area contributed by atoms with Crippen molar-refractivity contribution in [1.82, 2.24) is 0 Å². The Bertz CT molecular complexity index is 951. The number of hydrogen-bond donors (Lipinski definition) is 1. The zero-order valence-corrected chi connectivity index (χ0v) is 16.1. The fourth-order valence-corrected chi connectivity index (χ4v) is 4.02. The summed E-state index contributed by atoms with van der Waals surface area (Å²) >= 11 is 0. The van der Waals surface area contributed by atoms with Crippen LogP contribution >= 0.6 is 0 Å². The summed E-state index contributed by atoms with van der Waals surface area (Å²) in [5, 5.41) is 18.5. The maximum Gasteiger partial charge on any atom is 0.459 e. The average molecular weight is 445 g/mol. The van der Waals surface area contributed by atoms with Gasteiger partial charge in [-0.2, -0.15) is 36.0 Å². The summed E-state index contributed by atoms with van der Waals surface area (Å²) in [6.07, 6.45) is -8.23. The lowest BCUT2D eigenvalue weighted by molar-refractivity contribution is -0.376. The normalized spacial score (nSPS) is 22.7. The standard InChI is InChI=1S/C22H18F7NO/c23-20(24,21(25,26)22(27,28)29)19(13-30)11-9-17(10-12-19)15-3-1-14(2-4-15)16-5-7-18(31)8-6-16/h1-8,17,31H,9-12H2. The summed E-state index contributed by atoms with van der Waals surface area (Å²) < 4.78 is 93.5. The Morgan fingerprint density at radius 3 is 1.68 bits per heavy atom. The van der Waals surface area contributed by atoms with Crippen LogP contribution in [-0.4, -0.2) is 23.1 Å². The van der Waals surface area contributed by atoms with Gasteiger partial charge in [0.15, 0.2) is 0 Å². The summed E-state index contributed by atoms with van der Waals surface area (Å²) in [6.45, 7) is 0. The Labute approximate surface area is 173 Å². The molecule has 0 aliphatic heterocycles. The largest absolute Gasteiger partial charge is 0.508 e. The van der Waals surface area contributed by atoms with Crippen molar-refractivity contribution in [2.45, 2.75) is 49.6 Å². The SMILES string of the molecule is N#CC1(C(F)(F)C(F)(F)C(F)(F)F)CCC(c2ccc(-c3ccc(O)cc3)cc2)CC1. The van der Waals surface area contributed by atoms with E-state index in [4.69, 9.17) is 0 Å². The van der Waals surface area contributed by atoms with Crippen molar-refractivity contribution in [2.75, 3.05) is 0 Å². The summed E-state index contributed by atoms with van der Waals surface area (Å²) in [6, 6.07) is 14.5. The molecule has 1 saturated carbocycles. The molecule has 0 atom stereocenters. The number of phenolic OH excluding ortho intramolecular Hbond substituents is 1. The molecule has 1 N–H and O–H groups in total. The molecule has 0 spiro atoms. The van der Waals surface area contributed by atoms with Crippen molar-refractivity contribution in [1.29, 1.82) is 5.26 Å². The molecule has 2 nitrogen and oxygen atoms in total. The molecule has 0 heterocycles. The minimum Gasteiger partial charge on any atom is -0.508 e. The van der Waals surface area contributed by atoms with Crippen LogP contribution in [0.15, 0.2) is 48.5 Å². The maximum absolute atomic E-state index is 14.3. The second-order valence-corrected chi connectivity index (χ2v) is 7.78.